The van der Waals surface area contributed by atoms with Crippen molar-refractivity contribution in [3.8, 4) is 5.75 Å². The molecule has 1 saturated heterocycles. The predicted octanol–water partition coefficient (Wildman–Crippen LogP) is 3.92. The predicted molar refractivity (Wildman–Crippen MR) is 168 cm³/mol. The first-order valence-electron chi connectivity index (χ1n) is 14.5. The van der Waals surface area contributed by atoms with Crippen LogP contribution in [0.1, 0.15) is 36.5 Å². The fraction of sp³-hybridized carbons (Fsp3) is 0.452. The van der Waals surface area contributed by atoms with E-state index in [2.05, 4.69) is 10.3 Å². The molecule has 1 fully saturated rings. The standard InChI is InChI=1S/C31H40N4O7S2/c1-6-20(2)17-34(44(39,40)25-14-10-13-24(16-25)41-5)18-27(36)26(15-23-11-8-7-9-12-23)33-29(37)28-19-35(31(38)42-28)30-21(3)32-22(4)43-30/h7-14,16,20,26-28,36H,6,15,17-19H2,1-5H3,(H,33,37)/t20-,26?,27-,28?/m1/s1. The summed E-state index contributed by atoms with van der Waals surface area (Å²) < 4.78 is 39.6. The molecule has 0 bridgehead atoms. The average Bonchev–Trinajstić information content (AvgIpc) is 3.56. The number of ether oxygens (including phenoxy) is 2. The van der Waals surface area contributed by atoms with Crippen LogP contribution in [-0.2, 0) is 26.0 Å². The van der Waals surface area contributed by atoms with Crippen LogP contribution in [0.15, 0.2) is 59.5 Å². The van der Waals surface area contributed by atoms with Crippen LogP contribution >= 0.6 is 11.3 Å². The number of aliphatic hydroxyl groups is 1. The fourth-order valence-corrected chi connectivity index (χ4v) is 7.49. The van der Waals surface area contributed by atoms with Crippen LogP contribution in [0.3, 0.4) is 0 Å². The number of aryl methyl sites for hydroxylation is 2. The molecule has 3 aromatic rings. The lowest BCUT2D eigenvalue weighted by Crippen LogP contribution is -2.53. The highest BCUT2D eigenvalue weighted by atomic mass is 32.2. The minimum atomic E-state index is -4.03. The van der Waals surface area contributed by atoms with Crippen molar-refractivity contribution in [3.05, 3.63) is 70.9 Å². The Bertz CT molecular complexity index is 1550. The molecule has 1 aromatic heterocycles. The number of methoxy groups -OCH3 is 1. The summed E-state index contributed by atoms with van der Waals surface area (Å²) in [4.78, 5) is 32.0. The minimum Gasteiger partial charge on any atom is -0.497 e. The van der Waals surface area contributed by atoms with Crippen molar-refractivity contribution in [1.82, 2.24) is 14.6 Å². The first-order chi connectivity index (χ1) is 20.9. The Morgan fingerprint density at radius 3 is 2.57 bits per heavy atom. The molecular weight excluding hydrogens is 604 g/mol. The molecule has 44 heavy (non-hydrogen) atoms. The topological polar surface area (TPSA) is 138 Å². The number of hydrogen-bond donors (Lipinski definition) is 2. The lowest BCUT2D eigenvalue weighted by atomic mass is 10.0. The van der Waals surface area contributed by atoms with Crippen molar-refractivity contribution in [1.29, 1.82) is 0 Å². The van der Waals surface area contributed by atoms with Crippen LogP contribution in [0.5, 0.6) is 5.75 Å². The van der Waals surface area contributed by atoms with E-state index in [1.807, 2.05) is 51.1 Å². The van der Waals surface area contributed by atoms with E-state index in [4.69, 9.17) is 9.47 Å². The van der Waals surface area contributed by atoms with Crippen LogP contribution in [-0.4, -0.2) is 79.8 Å². The van der Waals surface area contributed by atoms with E-state index < -0.39 is 40.3 Å². The summed E-state index contributed by atoms with van der Waals surface area (Å²) in [6, 6.07) is 14.6. The summed E-state index contributed by atoms with van der Waals surface area (Å²) in [5.41, 5.74) is 1.50. The van der Waals surface area contributed by atoms with Crippen molar-refractivity contribution in [2.75, 3.05) is 31.6 Å². The van der Waals surface area contributed by atoms with Gasteiger partial charge in [-0.25, -0.2) is 18.2 Å². The molecule has 2 amide bonds. The number of rotatable bonds is 14. The normalized spacial score (nSPS) is 17.3. The van der Waals surface area contributed by atoms with Gasteiger partial charge in [-0.1, -0.05) is 56.7 Å². The third kappa shape index (κ3) is 7.95. The number of nitrogens with zero attached hydrogens (tertiary/aromatic N) is 3. The number of cyclic esters (lactones) is 1. The summed E-state index contributed by atoms with van der Waals surface area (Å²) >= 11 is 1.34. The molecule has 11 nitrogen and oxygen atoms in total. The minimum absolute atomic E-state index is 0.00691. The number of benzene rings is 2. The molecule has 1 aliphatic heterocycles. The Kier molecular flexibility index (Phi) is 11.0. The van der Waals surface area contributed by atoms with E-state index in [1.54, 1.807) is 19.1 Å². The molecule has 1 aliphatic rings. The number of nitrogens with one attached hydrogen (secondary N) is 1. The molecule has 0 spiro atoms. The van der Waals surface area contributed by atoms with Crippen molar-refractivity contribution >= 4 is 38.4 Å². The monoisotopic (exact) mass is 644 g/mol. The zero-order valence-electron chi connectivity index (χ0n) is 25.6. The van der Waals surface area contributed by atoms with Crippen molar-refractivity contribution in [3.63, 3.8) is 0 Å². The van der Waals surface area contributed by atoms with Crippen LogP contribution in [0.25, 0.3) is 0 Å². The maximum absolute atomic E-state index is 13.8. The zero-order valence-corrected chi connectivity index (χ0v) is 27.2. The molecule has 0 aliphatic carbocycles. The zero-order chi connectivity index (χ0) is 32.0. The Hall–Kier alpha value is -3.52. The van der Waals surface area contributed by atoms with E-state index in [1.165, 1.54) is 39.8 Å². The van der Waals surface area contributed by atoms with E-state index in [9.17, 15) is 23.1 Å². The van der Waals surface area contributed by atoms with Crippen LogP contribution < -0.4 is 15.0 Å². The van der Waals surface area contributed by atoms with Gasteiger partial charge in [0.1, 0.15) is 10.8 Å². The van der Waals surface area contributed by atoms with Crippen LogP contribution in [0.4, 0.5) is 9.80 Å². The van der Waals surface area contributed by atoms with Gasteiger partial charge in [-0.3, -0.25) is 9.69 Å². The molecule has 2 aromatic carbocycles. The Morgan fingerprint density at radius 2 is 1.93 bits per heavy atom. The Labute approximate surface area is 262 Å². The van der Waals surface area contributed by atoms with Gasteiger partial charge < -0.3 is 19.9 Å². The van der Waals surface area contributed by atoms with Gasteiger partial charge in [0.2, 0.25) is 10.0 Å². The highest BCUT2D eigenvalue weighted by Crippen LogP contribution is 2.31. The molecule has 238 valence electrons. The van der Waals surface area contributed by atoms with Crippen LogP contribution in [0.2, 0.25) is 0 Å². The van der Waals surface area contributed by atoms with Crippen molar-refractivity contribution in [2.45, 2.75) is 63.7 Å². The van der Waals surface area contributed by atoms with Gasteiger partial charge in [0.05, 0.1) is 41.4 Å². The van der Waals surface area contributed by atoms with Gasteiger partial charge in [0, 0.05) is 19.2 Å². The van der Waals surface area contributed by atoms with Crippen LogP contribution in [0, 0.1) is 19.8 Å². The fourth-order valence-electron chi connectivity index (χ4n) is 4.96. The SMILES string of the molecule is CC[C@@H](C)CN(C[C@@H](O)C(Cc1ccccc1)NC(=O)C1CN(c2sc(C)nc2C)C(=O)O1)S(=O)(=O)c1cccc(OC)c1. The third-order valence-electron chi connectivity index (χ3n) is 7.60. The largest absolute Gasteiger partial charge is 0.497 e. The smallest absolute Gasteiger partial charge is 0.415 e. The number of carbonyl (C=O) groups excluding carboxylic acids is 2. The van der Waals surface area contributed by atoms with Gasteiger partial charge in [-0.15, -0.1) is 11.3 Å². The lowest BCUT2D eigenvalue weighted by molar-refractivity contribution is -0.129. The summed E-state index contributed by atoms with van der Waals surface area (Å²) in [5, 5.41) is 15.8. The second kappa shape index (κ2) is 14.5. The molecule has 2 N–H and O–H groups in total. The molecule has 0 radical (unpaired) electrons. The first kappa shape index (κ1) is 33.4. The van der Waals surface area contributed by atoms with Crippen molar-refractivity contribution in [2.24, 2.45) is 5.92 Å². The molecule has 0 saturated carbocycles. The number of thiazole rings is 1. The molecule has 4 atom stereocenters. The number of anilines is 1. The third-order valence-corrected chi connectivity index (χ3v) is 10.5. The Morgan fingerprint density at radius 1 is 1.20 bits per heavy atom. The first-order valence-corrected chi connectivity index (χ1v) is 16.8. The Balaban J connectivity index is 1.57. The highest BCUT2D eigenvalue weighted by molar-refractivity contribution is 7.89. The quantitative estimate of drug-likeness (QED) is 0.269. The van der Waals surface area contributed by atoms with Gasteiger partial charge in [0.15, 0.2) is 6.10 Å². The highest BCUT2D eigenvalue weighted by Gasteiger charge is 2.40. The van der Waals surface area contributed by atoms with E-state index in [-0.39, 0.29) is 36.9 Å². The summed E-state index contributed by atoms with van der Waals surface area (Å²) in [6.45, 7) is 7.43. The summed E-state index contributed by atoms with van der Waals surface area (Å²) in [7, 11) is -2.57. The second-order valence-electron chi connectivity index (χ2n) is 11.0. The maximum Gasteiger partial charge on any atom is 0.415 e. The van der Waals surface area contributed by atoms with Crippen molar-refractivity contribution < 1.29 is 32.6 Å². The lowest BCUT2D eigenvalue weighted by Gasteiger charge is -2.31. The molecule has 2 heterocycles. The molecular formula is C31H40N4O7S2. The average molecular weight is 645 g/mol. The van der Waals surface area contributed by atoms with Gasteiger partial charge >= 0.3 is 6.09 Å². The molecule has 4 rings (SSSR count). The maximum atomic E-state index is 13.8. The van der Waals surface area contributed by atoms with Gasteiger partial charge in [-0.2, -0.15) is 4.31 Å². The van der Waals surface area contributed by atoms with Gasteiger partial charge in [-0.05, 0) is 43.9 Å². The van der Waals surface area contributed by atoms with E-state index >= 15 is 0 Å². The molecule has 2 unspecified atom stereocenters. The number of aromatic nitrogens is 1. The van der Waals surface area contributed by atoms with E-state index in [0.717, 1.165) is 17.0 Å². The molecule has 13 heteroatoms. The summed E-state index contributed by atoms with van der Waals surface area (Å²) in [5.74, 6) is -0.176. The number of sulfonamides is 1. The summed E-state index contributed by atoms with van der Waals surface area (Å²) in [6.07, 6.45) is -2.11. The van der Waals surface area contributed by atoms with E-state index in [0.29, 0.717) is 16.4 Å². The van der Waals surface area contributed by atoms with Gasteiger partial charge in [0.25, 0.3) is 5.91 Å². The number of amides is 2. The number of aliphatic hydroxyl groups excluding tert-OH is 1. The number of carbonyl (C=O) groups is 2. The second-order valence-corrected chi connectivity index (χ2v) is 14.1. The number of hydrogen-bond acceptors (Lipinski definition) is 9.